The zero-order valence-corrected chi connectivity index (χ0v) is 15.2. The molecule has 2 amide bonds. The van der Waals surface area contributed by atoms with Crippen molar-refractivity contribution in [3.05, 3.63) is 35.6 Å². The number of hydrogen-bond donors (Lipinski definition) is 0. The highest BCUT2D eigenvalue weighted by Gasteiger charge is 2.21. The average molecular weight is 349 g/mol. The summed E-state index contributed by atoms with van der Waals surface area (Å²) in [6.45, 7) is 8.76. The van der Waals surface area contributed by atoms with E-state index in [-0.39, 0.29) is 17.6 Å². The molecular weight excluding hydrogens is 321 g/mol. The minimum absolute atomic E-state index is 0.0834. The summed E-state index contributed by atoms with van der Waals surface area (Å²) in [5.74, 6) is -0.247. The first-order valence-corrected chi connectivity index (χ1v) is 9.00. The summed E-state index contributed by atoms with van der Waals surface area (Å²) in [6, 6.07) is 6.59. The molecular formula is C19H28FN3O2. The maximum atomic E-state index is 13.7. The Kier molecular flexibility index (Phi) is 7.37. The zero-order valence-electron chi connectivity index (χ0n) is 15.2. The Bertz CT molecular complexity index is 586. The number of amides is 2. The summed E-state index contributed by atoms with van der Waals surface area (Å²) in [5.41, 5.74) is 0.593. The van der Waals surface area contributed by atoms with Crippen LogP contribution in [0.2, 0.25) is 0 Å². The van der Waals surface area contributed by atoms with Gasteiger partial charge in [0.05, 0.1) is 0 Å². The third kappa shape index (κ3) is 5.81. The maximum absolute atomic E-state index is 13.7. The van der Waals surface area contributed by atoms with Crippen LogP contribution in [-0.4, -0.2) is 72.3 Å². The number of piperazine rings is 1. The van der Waals surface area contributed by atoms with E-state index in [1.165, 1.54) is 13.0 Å². The Hall–Kier alpha value is -1.95. The van der Waals surface area contributed by atoms with Gasteiger partial charge >= 0.3 is 0 Å². The van der Waals surface area contributed by atoms with Crippen molar-refractivity contribution in [2.24, 2.45) is 0 Å². The molecule has 1 heterocycles. The molecule has 1 aliphatic heterocycles. The van der Waals surface area contributed by atoms with Crippen LogP contribution in [0.25, 0.3) is 0 Å². The van der Waals surface area contributed by atoms with Crippen molar-refractivity contribution >= 4 is 11.8 Å². The van der Waals surface area contributed by atoms with E-state index in [0.717, 1.165) is 32.7 Å². The topological polar surface area (TPSA) is 43.9 Å². The Labute approximate surface area is 149 Å². The first-order chi connectivity index (χ1) is 12.0. The van der Waals surface area contributed by atoms with E-state index < -0.39 is 0 Å². The minimum atomic E-state index is -0.254. The molecule has 0 spiro atoms. The van der Waals surface area contributed by atoms with E-state index in [2.05, 4.69) is 11.8 Å². The van der Waals surface area contributed by atoms with E-state index >= 15 is 0 Å². The van der Waals surface area contributed by atoms with Gasteiger partial charge in [-0.25, -0.2) is 4.39 Å². The summed E-state index contributed by atoms with van der Waals surface area (Å²) in [4.78, 5) is 30.0. The Morgan fingerprint density at radius 1 is 1.12 bits per heavy atom. The van der Waals surface area contributed by atoms with E-state index in [1.807, 2.05) is 4.90 Å². The number of carbonyl (C=O) groups excluding carboxylic acids is 2. The van der Waals surface area contributed by atoms with Crippen molar-refractivity contribution in [2.75, 3.05) is 45.8 Å². The monoisotopic (exact) mass is 349 g/mol. The van der Waals surface area contributed by atoms with Crippen LogP contribution in [0.3, 0.4) is 0 Å². The number of benzene rings is 1. The molecule has 5 nitrogen and oxygen atoms in total. The highest BCUT2D eigenvalue weighted by Crippen LogP contribution is 2.09. The molecule has 0 N–H and O–H groups in total. The van der Waals surface area contributed by atoms with Gasteiger partial charge in [-0.3, -0.25) is 9.59 Å². The maximum Gasteiger partial charge on any atom is 0.224 e. The van der Waals surface area contributed by atoms with Crippen LogP contribution in [0.15, 0.2) is 24.3 Å². The summed E-state index contributed by atoms with van der Waals surface area (Å²) >= 11 is 0. The molecule has 25 heavy (non-hydrogen) atoms. The van der Waals surface area contributed by atoms with Gasteiger partial charge in [0.1, 0.15) is 5.82 Å². The van der Waals surface area contributed by atoms with Crippen molar-refractivity contribution in [3.8, 4) is 0 Å². The molecule has 0 bridgehead atoms. The quantitative estimate of drug-likeness (QED) is 0.754. The fraction of sp³-hybridized carbons (Fsp3) is 0.579. The SMILES string of the molecule is CCN1CCN(C(=O)CCN(CCc2ccccc2F)C(C)=O)CC1. The molecule has 6 heteroatoms. The van der Waals surface area contributed by atoms with Crippen LogP contribution in [0.4, 0.5) is 4.39 Å². The van der Waals surface area contributed by atoms with Crippen molar-refractivity contribution in [1.82, 2.24) is 14.7 Å². The third-order valence-electron chi connectivity index (χ3n) is 4.82. The van der Waals surface area contributed by atoms with Gasteiger partial charge in [0.25, 0.3) is 0 Å². The van der Waals surface area contributed by atoms with Gasteiger partial charge in [-0.1, -0.05) is 25.1 Å². The second-order valence-electron chi connectivity index (χ2n) is 6.41. The lowest BCUT2D eigenvalue weighted by molar-refractivity contribution is -0.134. The Balaban J connectivity index is 1.80. The van der Waals surface area contributed by atoms with Crippen molar-refractivity contribution in [1.29, 1.82) is 0 Å². The number of hydrogen-bond acceptors (Lipinski definition) is 3. The van der Waals surface area contributed by atoms with E-state index in [1.54, 1.807) is 23.1 Å². The molecule has 0 radical (unpaired) electrons. The smallest absolute Gasteiger partial charge is 0.224 e. The number of likely N-dealkylation sites (N-methyl/N-ethyl adjacent to an activating group) is 1. The fourth-order valence-electron chi connectivity index (χ4n) is 3.09. The normalized spacial score (nSPS) is 15.2. The second-order valence-corrected chi connectivity index (χ2v) is 6.41. The number of carbonyl (C=O) groups is 2. The molecule has 2 rings (SSSR count). The second kappa shape index (κ2) is 9.51. The standard InChI is InChI=1S/C19H28FN3O2/c1-3-21-12-14-23(15-13-21)19(25)9-11-22(16(2)24)10-8-17-6-4-5-7-18(17)20/h4-7H,3,8-15H2,1-2H3. The fourth-order valence-corrected chi connectivity index (χ4v) is 3.09. The molecule has 1 saturated heterocycles. The predicted molar refractivity (Wildman–Crippen MR) is 95.7 cm³/mol. The van der Waals surface area contributed by atoms with Gasteiger partial charge in [0.2, 0.25) is 11.8 Å². The van der Waals surface area contributed by atoms with Crippen LogP contribution in [0, 0.1) is 5.82 Å². The number of halogens is 1. The summed E-state index contributed by atoms with van der Waals surface area (Å²) in [6.07, 6.45) is 0.776. The Morgan fingerprint density at radius 3 is 2.40 bits per heavy atom. The molecule has 138 valence electrons. The van der Waals surface area contributed by atoms with Crippen LogP contribution in [0.5, 0.6) is 0 Å². The van der Waals surface area contributed by atoms with Crippen molar-refractivity contribution in [2.45, 2.75) is 26.7 Å². The Morgan fingerprint density at radius 2 is 1.80 bits per heavy atom. The molecule has 0 atom stereocenters. The predicted octanol–water partition coefficient (Wildman–Crippen LogP) is 1.77. The van der Waals surface area contributed by atoms with Crippen molar-refractivity contribution < 1.29 is 14.0 Å². The van der Waals surface area contributed by atoms with Gasteiger partial charge < -0.3 is 14.7 Å². The van der Waals surface area contributed by atoms with Gasteiger partial charge in [-0.2, -0.15) is 0 Å². The molecule has 1 aromatic rings. The first-order valence-electron chi connectivity index (χ1n) is 9.00. The summed E-state index contributed by atoms with van der Waals surface area (Å²) in [7, 11) is 0. The highest BCUT2D eigenvalue weighted by atomic mass is 19.1. The highest BCUT2D eigenvalue weighted by molar-refractivity contribution is 5.78. The molecule has 1 fully saturated rings. The summed E-state index contributed by atoms with van der Waals surface area (Å²) < 4.78 is 13.7. The minimum Gasteiger partial charge on any atom is -0.342 e. The molecule has 0 unspecified atom stereocenters. The van der Waals surface area contributed by atoms with E-state index in [0.29, 0.717) is 31.5 Å². The van der Waals surface area contributed by atoms with E-state index in [9.17, 15) is 14.0 Å². The molecule has 0 aliphatic carbocycles. The lowest BCUT2D eigenvalue weighted by Crippen LogP contribution is -2.49. The molecule has 1 aliphatic rings. The zero-order chi connectivity index (χ0) is 18.2. The average Bonchev–Trinajstić information content (AvgIpc) is 2.62. The molecule has 1 aromatic carbocycles. The number of rotatable bonds is 7. The van der Waals surface area contributed by atoms with Gasteiger partial charge in [0.15, 0.2) is 0 Å². The lowest BCUT2D eigenvalue weighted by Gasteiger charge is -2.34. The number of nitrogens with zero attached hydrogens (tertiary/aromatic N) is 3. The van der Waals surface area contributed by atoms with Crippen LogP contribution in [0.1, 0.15) is 25.8 Å². The van der Waals surface area contributed by atoms with Crippen molar-refractivity contribution in [3.63, 3.8) is 0 Å². The molecule has 0 aromatic heterocycles. The van der Waals surface area contributed by atoms with Crippen LogP contribution in [-0.2, 0) is 16.0 Å². The van der Waals surface area contributed by atoms with Crippen LogP contribution >= 0.6 is 0 Å². The summed E-state index contributed by atoms with van der Waals surface area (Å²) in [5, 5.41) is 0. The molecule has 0 saturated carbocycles. The third-order valence-corrected chi connectivity index (χ3v) is 4.82. The van der Waals surface area contributed by atoms with Gasteiger partial charge in [0, 0.05) is 52.6 Å². The van der Waals surface area contributed by atoms with E-state index in [4.69, 9.17) is 0 Å². The van der Waals surface area contributed by atoms with Gasteiger partial charge in [-0.15, -0.1) is 0 Å². The first kappa shape index (κ1) is 19.4. The van der Waals surface area contributed by atoms with Crippen LogP contribution < -0.4 is 0 Å². The van der Waals surface area contributed by atoms with Gasteiger partial charge in [-0.05, 0) is 24.6 Å². The largest absolute Gasteiger partial charge is 0.342 e. The lowest BCUT2D eigenvalue weighted by atomic mass is 10.1.